The Hall–Kier alpha value is -2.09. The molecule has 1 heterocycles. The summed E-state index contributed by atoms with van der Waals surface area (Å²) in [5, 5.41) is 2.63. The first-order valence-electron chi connectivity index (χ1n) is 7.28. The molecule has 2 amide bonds. The van der Waals surface area contributed by atoms with Gasteiger partial charge in [-0.3, -0.25) is 9.59 Å². The van der Waals surface area contributed by atoms with Gasteiger partial charge >= 0.3 is 0 Å². The molecule has 1 unspecified atom stereocenters. The summed E-state index contributed by atoms with van der Waals surface area (Å²) in [6.45, 7) is 3.82. The second-order valence-corrected chi connectivity index (χ2v) is 7.55. The third-order valence-electron chi connectivity index (χ3n) is 3.31. The van der Waals surface area contributed by atoms with Crippen LogP contribution in [0.1, 0.15) is 26.7 Å². The smallest absolute Gasteiger partial charge is 0.248 e. The fourth-order valence-corrected chi connectivity index (χ4v) is 3.55. The number of hydrogen-bond acceptors (Lipinski definition) is 5. The summed E-state index contributed by atoms with van der Waals surface area (Å²) in [7, 11) is -3.76. The van der Waals surface area contributed by atoms with Gasteiger partial charge in [-0.25, -0.2) is 12.7 Å². The Morgan fingerprint density at radius 3 is 2.43 bits per heavy atom. The molecular weight excluding hydrogens is 320 g/mol. The van der Waals surface area contributed by atoms with E-state index in [4.69, 9.17) is 4.74 Å². The first-order chi connectivity index (χ1) is 10.7. The molecule has 1 fully saturated rings. The van der Waals surface area contributed by atoms with E-state index < -0.39 is 27.9 Å². The van der Waals surface area contributed by atoms with Crippen LogP contribution in [0.3, 0.4) is 0 Å². The molecule has 1 N–H and O–H groups in total. The molecule has 1 aromatic carbocycles. The van der Waals surface area contributed by atoms with Crippen molar-refractivity contribution in [3.05, 3.63) is 24.3 Å². The van der Waals surface area contributed by atoms with E-state index in [2.05, 4.69) is 5.32 Å². The number of nitrogens with zero attached hydrogens (tertiary/aromatic N) is 1. The van der Waals surface area contributed by atoms with Crippen LogP contribution in [0, 0.1) is 0 Å². The first kappa shape index (κ1) is 17.3. The van der Waals surface area contributed by atoms with Crippen LogP contribution < -0.4 is 10.1 Å². The van der Waals surface area contributed by atoms with E-state index in [1.165, 1.54) is 0 Å². The maximum Gasteiger partial charge on any atom is 0.248 e. The summed E-state index contributed by atoms with van der Waals surface area (Å²) in [4.78, 5) is 24.0. The Morgan fingerprint density at radius 1 is 1.30 bits per heavy atom. The van der Waals surface area contributed by atoms with E-state index >= 15 is 0 Å². The number of nitrogens with one attached hydrogen (secondary N) is 1. The zero-order valence-corrected chi connectivity index (χ0v) is 14.1. The highest BCUT2D eigenvalue weighted by Gasteiger charge is 2.41. The molecule has 126 valence electrons. The normalized spacial score (nSPS) is 18.3. The summed E-state index contributed by atoms with van der Waals surface area (Å²) in [6.07, 6.45) is 1.20. The van der Waals surface area contributed by atoms with Crippen LogP contribution in [-0.4, -0.2) is 42.9 Å². The van der Waals surface area contributed by atoms with Crippen LogP contribution in [-0.2, 0) is 19.6 Å². The number of amides is 2. The largest absolute Gasteiger partial charge is 0.491 e. The van der Waals surface area contributed by atoms with Gasteiger partial charge in [-0.15, -0.1) is 0 Å². The quantitative estimate of drug-likeness (QED) is 0.874. The average Bonchev–Trinajstić information content (AvgIpc) is 2.82. The molecule has 0 radical (unpaired) electrons. The molecule has 0 saturated carbocycles. The Bertz CT molecular complexity index is 697. The summed E-state index contributed by atoms with van der Waals surface area (Å²) in [5.41, 5.74) is 0.513. The van der Waals surface area contributed by atoms with Gasteiger partial charge in [-0.1, -0.05) is 0 Å². The fraction of sp³-hybridized carbons (Fsp3) is 0.467. The number of sulfonamides is 1. The van der Waals surface area contributed by atoms with Gasteiger partial charge in [0.05, 0.1) is 12.4 Å². The summed E-state index contributed by atoms with van der Waals surface area (Å²) in [5.74, 6) is -0.390. The second-order valence-electron chi connectivity index (χ2n) is 5.69. The van der Waals surface area contributed by atoms with E-state index in [1.54, 1.807) is 24.3 Å². The predicted octanol–water partition coefficient (Wildman–Crippen LogP) is 1.36. The predicted molar refractivity (Wildman–Crippen MR) is 85.5 cm³/mol. The minimum absolute atomic E-state index is 0.0447. The molecular formula is C15H20N2O5S. The maximum atomic E-state index is 12.3. The molecule has 0 aromatic heterocycles. The van der Waals surface area contributed by atoms with Crippen molar-refractivity contribution in [2.24, 2.45) is 0 Å². The first-order valence-corrected chi connectivity index (χ1v) is 9.13. The van der Waals surface area contributed by atoms with Crippen LogP contribution in [0.4, 0.5) is 5.69 Å². The lowest BCUT2D eigenvalue weighted by atomic mass is 10.2. The number of rotatable bonds is 5. The van der Waals surface area contributed by atoms with Crippen molar-refractivity contribution in [1.29, 1.82) is 0 Å². The standard InChI is InChI=1S/C15H20N2O5S/c1-10(2)22-12-6-4-11(5-7-12)16-15(19)13-8-9-14(18)17(13)23(3,20)21/h4-7,10,13H,8-9H2,1-3H3,(H,16,19). The van der Waals surface area contributed by atoms with E-state index in [9.17, 15) is 18.0 Å². The van der Waals surface area contributed by atoms with E-state index in [-0.39, 0.29) is 18.9 Å². The molecule has 0 spiro atoms. The zero-order chi connectivity index (χ0) is 17.2. The minimum atomic E-state index is -3.76. The number of benzene rings is 1. The Kier molecular flexibility index (Phi) is 4.93. The van der Waals surface area contributed by atoms with Gasteiger partial charge in [0.15, 0.2) is 0 Å². The van der Waals surface area contributed by atoms with Crippen LogP contribution in [0.2, 0.25) is 0 Å². The molecule has 0 bridgehead atoms. The van der Waals surface area contributed by atoms with Crippen molar-refractivity contribution in [3.63, 3.8) is 0 Å². The third-order valence-corrected chi connectivity index (χ3v) is 4.49. The fourth-order valence-electron chi connectivity index (χ4n) is 2.43. The number of hydrogen-bond donors (Lipinski definition) is 1. The van der Waals surface area contributed by atoms with Crippen molar-refractivity contribution in [2.45, 2.75) is 38.8 Å². The van der Waals surface area contributed by atoms with Crippen molar-refractivity contribution in [3.8, 4) is 5.75 Å². The number of carbonyl (C=O) groups is 2. The summed E-state index contributed by atoms with van der Waals surface area (Å²) < 4.78 is 29.5. The SMILES string of the molecule is CC(C)Oc1ccc(NC(=O)C2CCC(=O)N2S(C)(=O)=O)cc1. The van der Waals surface area contributed by atoms with Gasteiger partial charge in [0.25, 0.3) is 0 Å². The van der Waals surface area contributed by atoms with Crippen molar-refractivity contribution < 1.29 is 22.7 Å². The Balaban J connectivity index is 2.08. The monoisotopic (exact) mass is 340 g/mol. The number of carbonyl (C=O) groups excluding carboxylic acids is 2. The Morgan fingerprint density at radius 2 is 1.91 bits per heavy atom. The van der Waals surface area contributed by atoms with E-state index in [0.717, 1.165) is 6.26 Å². The highest BCUT2D eigenvalue weighted by molar-refractivity contribution is 7.89. The summed E-state index contributed by atoms with van der Waals surface area (Å²) in [6, 6.07) is 5.76. The lowest BCUT2D eigenvalue weighted by Gasteiger charge is -2.21. The van der Waals surface area contributed by atoms with E-state index in [0.29, 0.717) is 15.7 Å². The van der Waals surface area contributed by atoms with Crippen LogP contribution in [0.15, 0.2) is 24.3 Å². The second kappa shape index (κ2) is 6.57. The lowest BCUT2D eigenvalue weighted by molar-refractivity contribution is -0.128. The topological polar surface area (TPSA) is 92.8 Å². The molecule has 2 rings (SSSR count). The minimum Gasteiger partial charge on any atom is -0.491 e. The van der Waals surface area contributed by atoms with Gasteiger partial charge in [-0.2, -0.15) is 0 Å². The average molecular weight is 340 g/mol. The van der Waals surface area contributed by atoms with Gasteiger partial charge in [0.2, 0.25) is 21.8 Å². The zero-order valence-electron chi connectivity index (χ0n) is 13.3. The van der Waals surface area contributed by atoms with Crippen LogP contribution >= 0.6 is 0 Å². The highest BCUT2D eigenvalue weighted by Crippen LogP contribution is 2.24. The van der Waals surface area contributed by atoms with Gasteiger partial charge in [-0.05, 0) is 44.5 Å². The number of anilines is 1. The van der Waals surface area contributed by atoms with E-state index in [1.807, 2.05) is 13.8 Å². The molecule has 0 aliphatic carbocycles. The molecule has 1 atom stereocenters. The van der Waals surface area contributed by atoms with Crippen molar-refractivity contribution >= 4 is 27.5 Å². The molecule has 7 nitrogen and oxygen atoms in total. The third kappa shape index (κ3) is 4.22. The number of ether oxygens (including phenoxy) is 1. The van der Waals surface area contributed by atoms with Crippen LogP contribution in [0.5, 0.6) is 5.75 Å². The molecule has 1 aliphatic heterocycles. The van der Waals surface area contributed by atoms with Crippen molar-refractivity contribution in [1.82, 2.24) is 4.31 Å². The lowest BCUT2D eigenvalue weighted by Crippen LogP contribution is -2.44. The highest BCUT2D eigenvalue weighted by atomic mass is 32.2. The van der Waals surface area contributed by atoms with Crippen LogP contribution in [0.25, 0.3) is 0 Å². The van der Waals surface area contributed by atoms with Gasteiger partial charge in [0, 0.05) is 12.1 Å². The molecule has 23 heavy (non-hydrogen) atoms. The molecule has 1 saturated heterocycles. The Labute approximate surface area is 135 Å². The van der Waals surface area contributed by atoms with Crippen molar-refractivity contribution in [2.75, 3.05) is 11.6 Å². The molecule has 8 heteroatoms. The molecule has 1 aliphatic rings. The van der Waals surface area contributed by atoms with Gasteiger partial charge < -0.3 is 10.1 Å². The maximum absolute atomic E-state index is 12.3. The molecule has 1 aromatic rings. The summed E-state index contributed by atoms with van der Waals surface area (Å²) >= 11 is 0. The van der Waals surface area contributed by atoms with Gasteiger partial charge in [0.1, 0.15) is 11.8 Å².